The van der Waals surface area contributed by atoms with Crippen LogP contribution in [0.25, 0.3) is 6.08 Å². The van der Waals surface area contributed by atoms with Gasteiger partial charge in [0.1, 0.15) is 11.8 Å². The molecule has 1 saturated carbocycles. The van der Waals surface area contributed by atoms with Crippen molar-refractivity contribution in [1.29, 1.82) is 0 Å². The lowest BCUT2D eigenvalue weighted by molar-refractivity contribution is -0.147. The topological polar surface area (TPSA) is 57.5 Å². The van der Waals surface area contributed by atoms with E-state index >= 15 is 0 Å². The fourth-order valence-electron chi connectivity index (χ4n) is 6.02. The van der Waals surface area contributed by atoms with Crippen molar-refractivity contribution in [2.75, 3.05) is 6.61 Å². The molecule has 0 radical (unpaired) electrons. The number of hydrogen-bond acceptors (Lipinski definition) is 4. The number of rotatable bonds is 6. The molecule has 0 aliphatic heterocycles. The van der Waals surface area contributed by atoms with Crippen molar-refractivity contribution in [3.05, 3.63) is 59.4 Å². The molecule has 5 heteroatoms. The van der Waals surface area contributed by atoms with Crippen LogP contribution in [0.15, 0.2) is 42.7 Å². The highest BCUT2D eigenvalue weighted by atomic mass is 16.5. The molecule has 2 aliphatic rings. The van der Waals surface area contributed by atoms with Gasteiger partial charge in [0, 0.05) is 31.2 Å². The van der Waals surface area contributed by atoms with Gasteiger partial charge in [0.15, 0.2) is 0 Å². The zero-order valence-electron chi connectivity index (χ0n) is 20.4. The van der Waals surface area contributed by atoms with Gasteiger partial charge in [-0.1, -0.05) is 57.5 Å². The molecule has 3 atom stereocenters. The van der Waals surface area contributed by atoms with Crippen molar-refractivity contribution in [1.82, 2.24) is 4.57 Å². The van der Waals surface area contributed by atoms with E-state index in [1.165, 1.54) is 30.9 Å². The van der Waals surface area contributed by atoms with E-state index < -0.39 is 6.04 Å². The summed E-state index contributed by atoms with van der Waals surface area (Å²) in [4.78, 5) is 24.7. The molecule has 4 rings (SSSR count). The number of carbonyl (C=O) groups excluding carboxylic acids is 2. The zero-order valence-corrected chi connectivity index (χ0v) is 20.4. The number of fused-ring (bicyclic) bond motifs is 3. The molecule has 0 N–H and O–H groups in total. The van der Waals surface area contributed by atoms with Crippen LogP contribution in [0.4, 0.5) is 0 Å². The van der Waals surface area contributed by atoms with Gasteiger partial charge in [0.25, 0.3) is 0 Å². The lowest BCUT2D eigenvalue weighted by atomic mass is 9.53. The Morgan fingerprint density at radius 2 is 1.91 bits per heavy atom. The van der Waals surface area contributed by atoms with Gasteiger partial charge in [-0.3, -0.25) is 4.79 Å². The second kappa shape index (κ2) is 8.85. The number of para-hydroxylation sites is 1. The SMILES string of the molecule is CCOC(=O)C(Cc1ccccc1OC(C)=O)n1cc2c(c1)[C@@]1(C)CCCC(C)(C)C1C=C2. The second-order valence-electron chi connectivity index (χ2n) is 10.3. The van der Waals surface area contributed by atoms with Crippen LogP contribution in [-0.4, -0.2) is 23.1 Å². The van der Waals surface area contributed by atoms with Crippen molar-refractivity contribution in [2.24, 2.45) is 11.3 Å². The number of aromatic nitrogens is 1. The van der Waals surface area contributed by atoms with E-state index in [4.69, 9.17) is 9.47 Å². The number of hydrogen-bond donors (Lipinski definition) is 0. The molecule has 1 aromatic heterocycles. The third-order valence-corrected chi connectivity index (χ3v) is 7.56. The summed E-state index contributed by atoms with van der Waals surface area (Å²) in [6.07, 6.45) is 12.8. The molecule has 1 fully saturated rings. The van der Waals surface area contributed by atoms with E-state index in [1.54, 1.807) is 6.07 Å². The molecular weight excluding hydrogens is 414 g/mol. The fourth-order valence-corrected chi connectivity index (χ4v) is 6.02. The Kier molecular flexibility index (Phi) is 6.26. The van der Waals surface area contributed by atoms with Gasteiger partial charge in [-0.25, -0.2) is 4.79 Å². The predicted octanol–water partition coefficient (Wildman–Crippen LogP) is 5.87. The monoisotopic (exact) mass is 449 g/mol. The van der Waals surface area contributed by atoms with E-state index in [-0.39, 0.29) is 22.8 Å². The maximum Gasteiger partial charge on any atom is 0.329 e. The Hall–Kier alpha value is -2.82. The van der Waals surface area contributed by atoms with Crippen LogP contribution in [0.3, 0.4) is 0 Å². The largest absolute Gasteiger partial charge is 0.464 e. The van der Waals surface area contributed by atoms with E-state index in [9.17, 15) is 9.59 Å². The fraction of sp³-hybridized carbons (Fsp3) is 0.500. The molecule has 2 aliphatic carbocycles. The number of ether oxygens (including phenoxy) is 2. The van der Waals surface area contributed by atoms with Gasteiger partial charge in [-0.05, 0) is 53.9 Å². The Bertz CT molecular complexity index is 1080. The third kappa shape index (κ3) is 4.38. The van der Waals surface area contributed by atoms with Gasteiger partial charge in [0.2, 0.25) is 0 Å². The highest BCUT2D eigenvalue weighted by Crippen LogP contribution is 2.56. The minimum Gasteiger partial charge on any atom is -0.464 e. The molecular formula is C28H35NO4. The first kappa shape index (κ1) is 23.3. The maximum atomic E-state index is 13.1. The Morgan fingerprint density at radius 1 is 1.15 bits per heavy atom. The van der Waals surface area contributed by atoms with Crippen molar-refractivity contribution in [2.45, 2.75) is 71.8 Å². The van der Waals surface area contributed by atoms with E-state index in [1.807, 2.05) is 29.7 Å². The lowest BCUT2D eigenvalue weighted by Crippen LogP contribution is -2.45. The molecule has 1 heterocycles. The summed E-state index contributed by atoms with van der Waals surface area (Å²) < 4.78 is 12.9. The summed E-state index contributed by atoms with van der Waals surface area (Å²) >= 11 is 0. The number of benzene rings is 1. The first-order valence-electron chi connectivity index (χ1n) is 12.0. The minimum absolute atomic E-state index is 0.0476. The predicted molar refractivity (Wildman–Crippen MR) is 129 cm³/mol. The number of allylic oxidation sites excluding steroid dienone is 1. The molecule has 0 saturated heterocycles. The molecule has 5 nitrogen and oxygen atoms in total. The molecule has 0 amide bonds. The van der Waals surface area contributed by atoms with Crippen LogP contribution in [0.1, 0.15) is 76.6 Å². The summed E-state index contributed by atoms with van der Waals surface area (Å²) in [7, 11) is 0. The second-order valence-corrected chi connectivity index (χ2v) is 10.3. The van der Waals surface area contributed by atoms with Crippen LogP contribution in [0.5, 0.6) is 5.75 Å². The quantitative estimate of drug-likeness (QED) is 0.409. The van der Waals surface area contributed by atoms with Crippen LogP contribution in [0.2, 0.25) is 0 Å². The highest BCUT2D eigenvalue weighted by molar-refractivity contribution is 5.76. The average Bonchev–Trinajstić information content (AvgIpc) is 3.17. The summed E-state index contributed by atoms with van der Waals surface area (Å²) in [5.74, 6) is 0.290. The Morgan fingerprint density at radius 3 is 2.64 bits per heavy atom. The van der Waals surface area contributed by atoms with Gasteiger partial charge < -0.3 is 14.0 Å². The first-order valence-corrected chi connectivity index (χ1v) is 12.0. The van der Waals surface area contributed by atoms with Crippen molar-refractivity contribution in [3.8, 4) is 5.75 Å². The molecule has 0 spiro atoms. The highest BCUT2D eigenvalue weighted by Gasteiger charge is 2.48. The number of carbonyl (C=O) groups is 2. The summed E-state index contributed by atoms with van der Waals surface area (Å²) in [5.41, 5.74) is 3.58. The summed E-state index contributed by atoms with van der Waals surface area (Å²) in [6.45, 7) is 10.6. The zero-order chi connectivity index (χ0) is 23.8. The van der Waals surface area contributed by atoms with Crippen LogP contribution >= 0.6 is 0 Å². The van der Waals surface area contributed by atoms with Crippen molar-refractivity contribution in [3.63, 3.8) is 0 Å². The molecule has 1 aromatic carbocycles. The average molecular weight is 450 g/mol. The Balaban J connectivity index is 1.72. The molecule has 2 aromatic rings. The summed E-state index contributed by atoms with van der Waals surface area (Å²) in [5, 5.41) is 0. The smallest absolute Gasteiger partial charge is 0.329 e. The first-order chi connectivity index (χ1) is 15.7. The normalized spacial score (nSPS) is 23.8. The lowest BCUT2D eigenvalue weighted by Gasteiger charge is -2.51. The van der Waals surface area contributed by atoms with Crippen molar-refractivity contribution < 1.29 is 19.1 Å². The van der Waals surface area contributed by atoms with Crippen LogP contribution in [-0.2, 0) is 26.2 Å². The molecule has 0 bridgehead atoms. The van der Waals surface area contributed by atoms with Gasteiger partial charge in [0.05, 0.1) is 6.61 Å². The minimum atomic E-state index is -0.542. The van der Waals surface area contributed by atoms with Crippen molar-refractivity contribution >= 4 is 18.0 Å². The van der Waals surface area contributed by atoms with Gasteiger partial charge >= 0.3 is 11.9 Å². The van der Waals surface area contributed by atoms with Crippen LogP contribution in [0, 0.1) is 11.3 Å². The van der Waals surface area contributed by atoms with E-state index in [0.717, 1.165) is 12.0 Å². The standard InChI is InChI=1S/C28H35NO4/c1-6-32-26(31)23(16-20-10-7-8-11-24(20)33-19(2)30)29-17-21-12-13-25-27(3,4)14-9-15-28(25,5)22(21)18-29/h7-8,10-13,17-18,23,25H,6,9,14-16H2,1-5H3/t23?,25?,28-/m1/s1. The number of esters is 2. The van der Waals surface area contributed by atoms with E-state index in [0.29, 0.717) is 24.7 Å². The molecule has 176 valence electrons. The molecule has 2 unspecified atom stereocenters. The molecule has 33 heavy (non-hydrogen) atoms. The third-order valence-electron chi connectivity index (χ3n) is 7.56. The summed E-state index contributed by atoms with van der Waals surface area (Å²) in [6, 6.07) is 6.84. The maximum absolute atomic E-state index is 13.1. The number of nitrogens with zero attached hydrogens (tertiary/aromatic N) is 1. The Labute approximate surface area is 196 Å². The van der Waals surface area contributed by atoms with Gasteiger partial charge in [-0.15, -0.1) is 0 Å². The van der Waals surface area contributed by atoms with Crippen LogP contribution < -0.4 is 4.74 Å². The van der Waals surface area contributed by atoms with Gasteiger partial charge in [-0.2, -0.15) is 0 Å². The van der Waals surface area contributed by atoms with E-state index in [2.05, 4.69) is 45.3 Å².